The summed E-state index contributed by atoms with van der Waals surface area (Å²) < 4.78 is 0. The molecule has 0 aliphatic carbocycles. The first-order valence-corrected chi connectivity index (χ1v) is 2.57. The minimum absolute atomic E-state index is 0.0718. The lowest BCUT2D eigenvalue weighted by Crippen LogP contribution is -2.33. The first-order chi connectivity index (χ1) is 4.00. The number of carboxylic acid groups (broad SMARTS) is 1. The van der Waals surface area contributed by atoms with E-state index >= 15 is 0 Å². The van der Waals surface area contributed by atoms with Crippen LogP contribution in [0, 0.1) is 0 Å². The average Bonchev–Trinajstić information content (AvgIpc) is 1.65. The molecule has 3 nitrogen and oxygen atoms in total. The van der Waals surface area contributed by atoms with E-state index in [0.717, 1.165) is 0 Å². The van der Waals surface area contributed by atoms with Gasteiger partial charge in [-0.2, -0.15) is 0 Å². The van der Waals surface area contributed by atoms with Crippen LogP contribution in [0.3, 0.4) is 0 Å². The van der Waals surface area contributed by atoms with Crippen LogP contribution in [-0.4, -0.2) is 21.8 Å². The Hall–Kier alpha value is -0.830. The van der Waals surface area contributed by atoms with Crippen LogP contribution in [-0.2, 0) is 4.79 Å². The number of carboxylic acids is 1. The third-order valence-electron chi connectivity index (χ3n) is 1.00. The zero-order chi connectivity index (χ0) is 7.49. The van der Waals surface area contributed by atoms with Crippen molar-refractivity contribution in [2.45, 2.75) is 18.9 Å². The largest absolute Gasteiger partial charge is 0.479 e. The van der Waals surface area contributed by atoms with Gasteiger partial charge in [0.05, 0.1) is 0 Å². The van der Waals surface area contributed by atoms with Gasteiger partial charge in [0, 0.05) is 6.42 Å². The van der Waals surface area contributed by atoms with Crippen LogP contribution in [0.5, 0.6) is 0 Å². The van der Waals surface area contributed by atoms with E-state index in [2.05, 4.69) is 6.58 Å². The molecule has 3 heteroatoms. The first kappa shape index (κ1) is 8.17. The van der Waals surface area contributed by atoms with Crippen molar-refractivity contribution in [2.24, 2.45) is 0 Å². The van der Waals surface area contributed by atoms with Gasteiger partial charge in [0.2, 0.25) is 0 Å². The molecule has 0 saturated heterocycles. The topological polar surface area (TPSA) is 57.5 Å². The highest BCUT2D eigenvalue weighted by atomic mass is 16.4. The van der Waals surface area contributed by atoms with Gasteiger partial charge in [0.25, 0.3) is 0 Å². The van der Waals surface area contributed by atoms with E-state index in [9.17, 15) is 4.79 Å². The normalized spacial score (nSPS) is 16.2. The average molecular weight is 130 g/mol. The Bertz CT molecular complexity index is 126. The van der Waals surface area contributed by atoms with Crippen molar-refractivity contribution in [1.29, 1.82) is 0 Å². The third kappa shape index (κ3) is 2.28. The summed E-state index contributed by atoms with van der Waals surface area (Å²) in [5.41, 5.74) is -1.65. The van der Waals surface area contributed by atoms with Gasteiger partial charge < -0.3 is 10.2 Å². The molecule has 0 heterocycles. The first-order valence-electron chi connectivity index (χ1n) is 2.57. The van der Waals surface area contributed by atoms with Crippen molar-refractivity contribution in [1.82, 2.24) is 0 Å². The molecule has 0 aromatic carbocycles. The lowest BCUT2D eigenvalue weighted by Gasteiger charge is -2.13. The second kappa shape index (κ2) is 2.64. The molecular weight excluding hydrogens is 120 g/mol. The van der Waals surface area contributed by atoms with Crippen molar-refractivity contribution >= 4 is 5.97 Å². The Morgan fingerprint density at radius 3 is 2.44 bits per heavy atom. The highest BCUT2D eigenvalue weighted by Gasteiger charge is 2.27. The maximum absolute atomic E-state index is 10.1. The summed E-state index contributed by atoms with van der Waals surface area (Å²) in [6.07, 6.45) is 1.44. The van der Waals surface area contributed by atoms with Crippen molar-refractivity contribution in [3.63, 3.8) is 0 Å². The standard InChI is InChI=1S/C6H10O3/c1-3-4-6(2,9)5(7)8/h3,9H,1,4H2,2H3,(H,7,8)/t6-/m0/s1. The van der Waals surface area contributed by atoms with Gasteiger partial charge >= 0.3 is 5.97 Å². The molecule has 0 radical (unpaired) electrons. The molecule has 0 rings (SSSR count). The smallest absolute Gasteiger partial charge is 0.335 e. The van der Waals surface area contributed by atoms with Crippen molar-refractivity contribution in [3.8, 4) is 0 Å². The zero-order valence-corrected chi connectivity index (χ0v) is 5.29. The fraction of sp³-hybridized carbons (Fsp3) is 0.500. The summed E-state index contributed by atoms with van der Waals surface area (Å²) in [5.74, 6) is -1.22. The summed E-state index contributed by atoms with van der Waals surface area (Å²) in [6, 6.07) is 0. The van der Waals surface area contributed by atoms with E-state index < -0.39 is 11.6 Å². The molecule has 0 aromatic heterocycles. The Kier molecular flexibility index (Phi) is 2.40. The lowest BCUT2D eigenvalue weighted by molar-refractivity contribution is -0.156. The van der Waals surface area contributed by atoms with E-state index in [1.165, 1.54) is 13.0 Å². The van der Waals surface area contributed by atoms with Gasteiger partial charge in [-0.1, -0.05) is 6.08 Å². The second-order valence-corrected chi connectivity index (χ2v) is 2.07. The van der Waals surface area contributed by atoms with Crippen LogP contribution in [0.15, 0.2) is 12.7 Å². The Morgan fingerprint density at radius 1 is 1.89 bits per heavy atom. The number of carbonyl (C=O) groups is 1. The van der Waals surface area contributed by atoms with Gasteiger partial charge in [0.1, 0.15) is 0 Å². The summed E-state index contributed by atoms with van der Waals surface area (Å²) in [5, 5.41) is 17.2. The predicted molar refractivity (Wildman–Crippen MR) is 33.1 cm³/mol. The molecule has 2 N–H and O–H groups in total. The summed E-state index contributed by atoms with van der Waals surface area (Å²) in [6.45, 7) is 4.54. The molecule has 0 saturated carbocycles. The van der Waals surface area contributed by atoms with Crippen LogP contribution < -0.4 is 0 Å². The molecule has 0 bridgehead atoms. The van der Waals surface area contributed by atoms with Gasteiger partial charge in [-0.3, -0.25) is 0 Å². The quantitative estimate of drug-likeness (QED) is 0.543. The van der Waals surface area contributed by atoms with Crippen molar-refractivity contribution in [2.75, 3.05) is 0 Å². The van der Waals surface area contributed by atoms with Crippen LogP contribution in [0.1, 0.15) is 13.3 Å². The Morgan fingerprint density at radius 2 is 2.33 bits per heavy atom. The van der Waals surface area contributed by atoms with E-state index in [-0.39, 0.29) is 6.42 Å². The monoisotopic (exact) mass is 130 g/mol. The number of aliphatic hydroxyl groups is 1. The molecular formula is C6H10O3. The van der Waals surface area contributed by atoms with Gasteiger partial charge in [-0.15, -0.1) is 6.58 Å². The molecule has 9 heavy (non-hydrogen) atoms. The van der Waals surface area contributed by atoms with E-state index in [4.69, 9.17) is 10.2 Å². The molecule has 0 aromatic rings. The van der Waals surface area contributed by atoms with Crippen LogP contribution in [0.4, 0.5) is 0 Å². The van der Waals surface area contributed by atoms with Crippen LogP contribution in [0.2, 0.25) is 0 Å². The molecule has 0 fully saturated rings. The predicted octanol–water partition coefficient (Wildman–Crippen LogP) is 0.398. The molecule has 0 spiro atoms. The number of hydrogen-bond acceptors (Lipinski definition) is 2. The van der Waals surface area contributed by atoms with Gasteiger partial charge in [-0.05, 0) is 6.92 Å². The minimum atomic E-state index is -1.65. The fourth-order valence-electron chi connectivity index (χ4n) is 0.368. The Labute approximate surface area is 53.6 Å². The minimum Gasteiger partial charge on any atom is -0.479 e. The SMILES string of the molecule is C=CC[C@](C)(O)C(=O)O. The van der Waals surface area contributed by atoms with E-state index in [0.29, 0.717) is 0 Å². The summed E-state index contributed by atoms with van der Waals surface area (Å²) in [4.78, 5) is 10.1. The summed E-state index contributed by atoms with van der Waals surface area (Å²) in [7, 11) is 0. The van der Waals surface area contributed by atoms with Crippen LogP contribution >= 0.6 is 0 Å². The molecule has 0 aliphatic heterocycles. The lowest BCUT2D eigenvalue weighted by atomic mass is 10.0. The number of hydrogen-bond donors (Lipinski definition) is 2. The zero-order valence-electron chi connectivity index (χ0n) is 5.29. The maximum atomic E-state index is 10.1. The third-order valence-corrected chi connectivity index (χ3v) is 1.00. The molecule has 52 valence electrons. The molecule has 0 amide bonds. The van der Waals surface area contributed by atoms with E-state index in [1.807, 2.05) is 0 Å². The van der Waals surface area contributed by atoms with Crippen molar-refractivity contribution < 1.29 is 15.0 Å². The summed E-state index contributed by atoms with van der Waals surface area (Å²) >= 11 is 0. The molecule has 0 unspecified atom stereocenters. The highest BCUT2D eigenvalue weighted by Crippen LogP contribution is 2.08. The van der Waals surface area contributed by atoms with Crippen molar-refractivity contribution in [3.05, 3.63) is 12.7 Å². The molecule has 1 atom stereocenters. The van der Waals surface area contributed by atoms with Gasteiger partial charge in [0.15, 0.2) is 5.60 Å². The number of aliphatic carboxylic acids is 1. The van der Waals surface area contributed by atoms with Gasteiger partial charge in [-0.25, -0.2) is 4.79 Å². The fourth-order valence-corrected chi connectivity index (χ4v) is 0.368. The highest BCUT2D eigenvalue weighted by molar-refractivity contribution is 5.76. The molecule has 0 aliphatic rings. The van der Waals surface area contributed by atoms with E-state index in [1.54, 1.807) is 0 Å². The number of rotatable bonds is 3. The van der Waals surface area contributed by atoms with Crippen LogP contribution in [0.25, 0.3) is 0 Å². The second-order valence-electron chi connectivity index (χ2n) is 2.07. The maximum Gasteiger partial charge on any atom is 0.335 e. The Balaban J connectivity index is 4.00.